The molecule has 1 aromatic carbocycles. The van der Waals surface area contributed by atoms with Gasteiger partial charge >= 0.3 is 5.97 Å². The van der Waals surface area contributed by atoms with Gasteiger partial charge in [-0.1, -0.05) is 18.2 Å². The van der Waals surface area contributed by atoms with Gasteiger partial charge < -0.3 is 10.1 Å². The van der Waals surface area contributed by atoms with Crippen LogP contribution in [0.2, 0.25) is 0 Å². The average Bonchev–Trinajstić information content (AvgIpc) is 2.83. The van der Waals surface area contributed by atoms with Crippen molar-refractivity contribution in [3.05, 3.63) is 41.7 Å². The largest absolute Gasteiger partial charge is 0.452 e. The van der Waals surface area contributed by atoms with Crippen LogP contribution in [-0.4, -0.2) is 44.4 Å². The average molecular weight is 341 g/mol. The molecule has 0 aromatic heterocycles. The van der Waals surface area contributed by atoms with Gasteiger partial charge in [0.2, 0.25) is 0 Å². The van der Waals surface area contributed by atoms with Crippen molar-refractivity contribution in [3.63, 3.8) is 0 Å². The lowest BCUT2D eigenvalue weighted by molar-refractivity contribution is -0.143. The Kier molecular flexibility index (Phi) is 5.49. The summed E-state index contributed by atoms with van der Waals surface area (Å²) >= 11 is 0. The minimum atomic E-state index is -3.08. The SMILES string of the molecule is O=C(COC(=O)/C=C/c1ccccc1F)N[C@H]1CCS(=O)(=O)C1. The molecule has 1 fully saturated rings. The number of amides is 1. The van der Waals surface area contributed by atoms with Crippen molar-refractivity contribution < 1.29 is 27.1 Å². The lowest BCUT2D eigenvalue weighted by atomic mass is 10.2. The van der Waals surface area contributed by atoms with Gasteiger partial charge in [-0.15, -0.1) is 0 Å². The molecule has 6 nitrogen and oxygen atoms in total. The van der Waals surface area contributed by atoms with Gasteiger partial charge in [0.25, 0.3) is 5.91 Å². The van der Waals surface area contributed by atoms with Gasteiger partial charge in [0.1, 0.15) is 5.82 Å². The standard InChI is InChI=1S/C15H16FNO5S/c16-13-4-2-1-3-11(13)5-6-15(19)22-9-14(18)17-12-7-8-23(20,21)10-12/h1-6,12H,7-10H2,(H,17,18)/b6-5+/t12-/m0/s1. The number of nitrogens with one attached hydrogen (secondary N) is 1. The molecule has 0 spiro atoms. The zero-order chi connectivity index (χ0) is 16.9. The number of carbonyl (C=O) groups is 2. The number of hydrogen-bond acceptors (Lipinski definition) is 5. The van der Waals surface area contributed by atoms with Gasteiger partial charge in [-0.05, 0) is 18.6 Å². The van der Waals surface area contributed by atoms with E-state index in [1.54, 1.807) is 6.07 Å². The molecule has 1 atom stereocenters. The van der Waals surface area contributed by atoms with Gasteiger partial charge in [0, 0.05) is 17.7 Å². The summed E-state index contributed by atoms with van der Waals surface area (Å²) in [6, 6.07) is 5.45. The molecule has 1 N–H and O–H groups in total. The van der Waals surface area contributed by atoms with Crippen LogP contribution in [0.3, 0.4) is 0 Å². The molecule has 8 heteroatoms. The van der Waals surface area contributed by atoms with E-state index in [1.165, 1.54) is 24.3 Å². The fourth-order valence-corrected chi connectivity index (χ4v) is 3.80. The number of benzene rings is 1. The van der Waals surface area contributed by atoms with E-state index in [4.69, 9.17) is 4.74 Å². The van der Waals surface area contributed by atoms with Crippen molar-refractivity contribution in [1.29, 1.82) is 0 Å². The van der Waals surface area contributed by atoms with Crippen LogP contribution in [-0.2, 0) is 24.2 Å². The van der Waals surface area contributed by atoms with Crippen LogP contribution in [0.5, 0.6) is 0 Å². The Bertz CT molecular complexity index is 729. The smallest absolute Gasteiger partial charge is 0.331 e. The predicted molar refractivity (Wildman–Crippen MR) is 81.6 cm³/mol. The molecule has 0 unspecified atom stereocenters. The summed E-state index contributed by atoms with van der Waals surface area (Å²) in [5.74, 6) is -1.89. The molecule has 1 heterocycles. The van der Waals surface area contributed by atoms with Crippen LogP contribution in [0.4, 0.5) is 4.39 Å². The maximum absolute atomic E-state index is 13.3. The molecule has 2 rings (SSSR count). The fraction of sp³-hybridized carbons (Fsp3) is 0.333. The normalized spacial score (nSPS) is 19.6. The first-order chi connectivity index (χ1) is 10.9. The van der Waals surface area contributed by atoms with E-state index in [1.807, 2.05) is 0 Å². The van der Waals surface area contributed by atoms with Crippen molar-refractivity contribution in [2.24, 2.45) is 0 Å². The van der Waals surface area contributed by atoms with Gasteiger partial charge in [-0.3, -0.25) is 4.79 Å². The third-order valence-electron chi connectivity index (χ3n) is 3.25. The Morgan fingerprint density at radius 2 is 2.09 bits per heavy atom. The minimum absolute atomic E-state index is 0.0448. The van der Waals surface area contributed by atoms with Crippen LogP contribution in [0, 0.1) is 5.82 Å². The maximum atomic E-state index is 13.3. The highest BCUT2D eigenvalue weighted by Crippen LogP contribution is 2.11. The van der Waals surface area contributed by atoms with Crippen LogP contribution < -0.4 is 5.32 Å². The van der Waals surface area contributed by atoms with Crippen molar-refractivity contribution in [2.45, 2.75) is 12.5 Å². The van der Waals surface area contributed by atoms with Crippen LogP contribution in [0.15, 0.2) is 30.3 Å². The molecule has 1 amide bonds. The molecule has 23 heavy (non-hydrogen) atoms. The van der Waals surface area contributed by atoms with Gasteiger partial charge in [0.15, 0.2) is 16.4 Å². The van der Waals surface area contributed by atoms with Crippen molar-refractivity contribution in [3.8, 4) is 0 Å². The summed E-state index contributed by atoms with van der Waals surface area (Å²) in [6.45, 7) is -0.517. The Morgan fingerprint density at radius 3 is 2.74 bits per heavy atom. The molecule has 1 aromatic rings. The topological polar surface area (TPSA) is 89.5 Å². The van der Waals surface area contributed by atoms with Crippen molar-refractivity contribution in [2.75, 3.05) is 18.1 Å². The van der Waals surface area contributed by atoms with E-state index in [0.29, 0.717) is 6.42 Å². The third-order valence-corrected chi connectivity index (χ3v) is 5.02. The fourth-order valence-electron chi connectivity index (χ4n) is 2.13. The number of halogens is 1. The Hall–Kier alpha value is -2.22. The molecule has 0 aliphatic carbocycles. The third kappa shape index (κ3) is 5.48. The zero-order valence-corrected chi connectivity index (χ0v) is 13.0. The first-order valence-electron chi connectivity index (χ1n) is 6.95. The number of ether oxygens (including phenoxy) is 1. The van der Waals surface area contributed by atoms with E-state index in [-0.39, 0.29) is 17.1 Å². The summed E-state index contributed by atoms with van der Waals surface area (Å²) in [6.07, 6.45) is 2.63. The summed E-state index contributed by atoms with van der Waals surface area (Å²) < 4.78 is 40.6. The summed E-state index contributed by atoms with van der Waals surface area (Å²) in [4.78, 5) is 23.0. The molecule has 1 aliphatic heterocycles. The second kappa shape index (κ2) is 7.36. The molecule has 0 radical (unpaired) electrons. The second-order valence-corrected chi connectivity index (χ2v) is 7.36. The quantitative estimate of drug-likeness (QED) is 0.628. The number of esters is 1. The summed E-state index contributed by atoms with van der Waals surface area (Å²) in [5.41, 5.74) is 0.227. The molecule has 0 saturated carbocycles. The highest BCUT2D eigenvalue weighted by molar-refractivity contribution is 7.91. The first kappa shape index (κ1) is 17.1. The number of rotatable bonds is 5. The van der Waals surface area contributed by atoms with E-state index >= 15 is 0 Å². The van der Waals surface area contributed by atoms with Crippen LogP contribution in [0.25, 0.3) is 6.08 Å². The predicted octanol–water partition coefficient (Wildman–Crippen LogP) is 0.685. The Morgan fingerprint density at radius 1 is 1.35 bits per heavy atom. The Labute approximate surface area is 133 Å². The zero-order valence-electron chi connectivity index (χ0n) is 12.2. The summed E-state index contributed by atoms with van der Waals surface area (Å²) in [7, 11) is -3.08. The van der Waals surface area contributed by atoms with E-state index in [0.717, 1.165) is 6.08 Å². The van der Waals surface area contributed by atoms with E-state index in [9.17, 15) is 22.4 Å². The highest BCUT2D eigenvalue weighted by Gasteiger charge is 2.28. The molecular weight excluding hydrogens is 325 g/mol. The lowest BCUT2D eigenvalue weighted by Gasteiger charge is -2.10. The van der Waals surface area contributed by atoms with Crippen molar-refractivity contribution in [1.82, 2.24) is 5.32 Å². The molecular formula is C15H16FNO5S. The number of sulfone groups is 1. The molecule has 1 saturated heterocycles. The second-order valence-electron chi connectivity index (χ2n) is 5.13. The highest BCUT2D eigenvalue weighted by atomic mass is 32.2. The van der Waals surface area contributed by atoms with E-state index in [2.05, 4.69) is 5.32 Å². The van der Waals surface area contributed by atoms with Crippen LogP contribution in [0.1, 0.15) is 12.0 Å². The first-order valence-corrected chi connectivity index (χ1v) is 8.77. The van der Waals surface area contributed by atoms with Crippen molar-refractivity contribution >= 4 is 27.8 Å². The van der Waals surface area contributed by atoms with Gasteiger partial charge in [-0.2, -0.15) is 0 Å². The van der Waals surface area contributed by atoms with Crippen LogP contribution >= 0.6 is 0 Å². The molecule has 0 bridgehead atoms. The Balaban J connectivity index is 1.76. The monoisotopic (exact) mass is 341 g/mol. The number of hydrogen-bond donors (Lipinski definition) is 1. The minimum Gasteiger partial charge on any atom is -0.452 e. The number of carbonyl (C=O) groups excluding carboxylic acids is 2. The molecule has 1 aliphatic rings. The lowest BCUT2D eigenvalue weighted by Crippen LogP contribution is -2.38. The summed E-state index contributed by atoms with van der Waals surface area (Å²) in [5, 5.41) is 2.49. The van der Waals surface area contributed by atoms with E-state index < -0.39 is 40.2 Å². The molecule has 124 valence electrons. The maximum Gasteiger partial charge on any atom is 0.331 e. The van der Waals surface area contributed by atoms with Gasteiger partial charge in [0.05, 0.1) is 11.5 Å². The van der Waals surface area contributed by atoms with Gasteiger partial charge in [-0.25, -0.2) is 17.6 Å².